The highest BCUT2D eigenvalue weighted by molar-refractivity contribution is 5.43. The van der Waals surface area contributed by atoms with Gasteiger partial charge >= 0.3 is 0 Å². The van der Waals surface area contributed by atoms with Gasteiger partial charge < -0.3 is 19.9 Å². The highest BCUT2D eigenvalue weighted by Crippen LogP contribution is 2.29. The van der Waals surface area contributed by atoms with Crippen LogP contribution in [-0.2, 0) is 6.54 Å². The maximum Gasteiger partial charge on any atom is 0.161 e. The maximum absolute atomic E-state index is 10.2. The molecule has 1 aromatic rings. The van der Waals surface area contributed by atoms with Gasteiger partial charge in [0.25, 0.3) is 0 Å². The Hall–Kier alpha value is -1.26. The molecule has 19 heavy (non-hydrogen) atoms. The molecule has 0 heterocycles. The third-order valence-corrected chi connectivity index (χ3v) is 3.42. The highest BCUT2D eigenvalue weighted by Gasteiger charge is 2.23. The minimum Gasteiger partial charge on any atom is -0.493 e. The number of nitrogens with one attached hydrogen (secondary N) is 1. The van der Waals surface area contributed by atoms with Crippen LogP contribution in [0.3, 0.4) is 0 Å². The standard InChI is InChI=1S/C15H25NO3/c1-5-15(17,6-2)11-19-13-8-7-12(10-16-3)9-14(13)18-4/h7-9,16-17H,5-6,10-11H2,1-4H3. The van der Waals surface area contributed by atoms with Crippen LogP contribution in [0.25, 0.3) is 0 Å². The summed E-state index contributed by atoms with van der Waals surface area (Å²) in [6.45, 7) is 4.98. The van der Waals surface area contributed by atoms with Crippen LogP contribution in [0.1, 0.15) is 32.3 Å². The quantitative estimate of drug-likeness (QED) is 0.759. The number of aliphatic hydroxyl groups is 1. The molecule has 1 rings (SSSR count). The van der Waals surface area contributed by atoms with Crippen molar-refractivity contribution in [3.8, 4) is 11.5 Å². The molecular weight excluding hydrogens is 242 g/mol. The zero-order valence-corrected chi connectivity index (χ0v) is 12.3. The van der Waals surface area contributed by atoms with Gasteiger partial charge in [-0.15, -0.1) is 0 Å². The van der Waals surface area contributed by atoms with Crippen LogP contribution < -0.4 is 14.8 Å². The molecule has 0 unspecified atom stereocenters. The second-order valence-corrected chi connectivity index (χ2v) is 4.74. The van der Waals surface area contributed by atoms with E-state index >= 15 is 0 Å². The molecule has 0 radical (unpaired) electrons. The van der Waals surface area contributed by atoms with Crippen molar-refractivity contribution in [1.82, 2.24) is 5.32 Å². The van der Waals surface area contributed by atoms with Crippen molar-refractivity contribution >= 4 is 0 Å². The lowest BCUT2D eigenvalue weighted by Crippen LogP contribution is -2.34. The van der Waals surface area contributed by atoms with E-state index in [4.69, 9.17) is 9.47 Å². The summed E-state index contributed by atoms with van der Waals surface area (Å²) in [5, 5.41) is 13.3. The Kier molecular flexibility index (Phi) is 6.12. The van der Waals surface area contributed by atoms with Gasteiger partial charge in [0.05, 0.1) is 12.7 Å². The predicted molar refractivity (Wildman–Crippen MR) is 76.8 cm³/mol. The van der Waals surface area contributed by atoms with E-state index in [1.807, 2.05) is 39.1 Å². The lowest BCUT2D eigenvalue weighted by molar-refractivity contribution is -0.0119. The first kappa shape index (κ1) is 15.8. The van der Waals surface area contributed by atoms with Gasteiger partial charge in [-0.3, -0.25) is 0 Å². The average molecular weight is 267 g/mol. The summed E-state index contributed by atoms with van der Waals surface area (Å²) >= 11 is 0. The van der Waals surface area contributed by atoms with E-state index in [-0.39, 0.29) is 6.61 Å². The van der Waals surface area contributed by atoms with Crippen LogP contribution in [0.5, 0.6) is 11.5 Å². The van der Waals surface area contributed by atoms with E-state index in [9.17, 15) is 5.11 Å². The number of hydrogen-bond acceptors (Lipinski definition) is 4. The van der Waals surface area contributed by atoms with E-state index in [0.717, 1.165) is 12.1 Å². The van der Waals surface area contributed by atoms with E-state index in [1.165, 1.54) is 0 Å². The molecule has 0 spiro atoms. The minimum absolute atomic E-state index is 0.279. The number of rotatable bonds is 8. The van der Waals surface area contributed by atoms with Crippen LogP contribution in [-0.4, -0.2) is 31.5 Å². The zero-order valence-electron chi connectivity index (χ0n) is 12.3. The minimum atomic E-state index is -0.769. The number of benzene rings is 1. The van der Waals surface area contributed by atoms with Crippen molar-refractivity contribution in [1.29, 1.82) is 0 Å². The Balaban J connectivity index is 2.78. The van der Waals surface area contributed by atoms with Crippen molar-refractivity contribution in [3.63, 3.8) is 0 Å². The summed E-state index contributed by atoms with van der Waals surface area (Å²) in [4.78, 5) is 0. The summed E-state index contributed by atoms with van der Waals surface area (Å²) in [5.41, 5.74) is 0.363. The fraction of sp³-hybridized carbons (Fsp3) is 0.600. The van der Waals surface area contributed by atoms with Crippen molar-refractivity contribution in [2.45, 2.75) is 38.8 Å². The van der Waals surface area contributed by atoms with E-state index in [2.05, 4.69) is 5.32 Å². The third kappa shape index (κ3) is 4.40. The molecule has 0 saturated carbocycles. The predicted octanol–water partition coefficient (Wildman–Crippen LogP) is 2.34. The Morgan fingerprint density at radius 3 is 2.42 bits per heavy atom. The van der Waals surface area contributed by atoms with Gasteiger partial charge in [0.15, 0.2) is 11.5 Å². The number of hydrogen-bond donors (Lipinski definition) is 2. The second-order valence-electron chi connectivity index (χ2n) is 4.74. The Labute approximate surface area is 115 Å². The van der Waals surface area contributed by atoms with Gasteiger partial charge in [-0.25, -0.2) is 0 Å². The van der Waals surface area contributed by atoms with Crippen molar-refractivity contribution in [2.24, 2.45) is 0 Å². The molecule has 0 bridgehead atoms. The normalized spacial score (nSPS) is 11.4. The molecule has 0 aromatic heterocycles. The maximum atomic E-state index is 10.2. The smallest absolute Gasteiger partial charge is 0.161 e. The first-order valence-electron chi connectivity index (χ1n) is 6.75. The average Bonchev–Trinajstić information content (AvgIpc) is 2.45. The molecule has 1 aromatic carbocycles. The van der Waals surface area contributed by atoms with Crippen LogP contribution in [0.15, 0.2) is 18.2 Å². The molecule has 0 fully saturated rings. The van der Waals surface area contributed by atoms with Crippen LogP contribution in [0.2, 0.25) is 0 Å². The summed E-state index contributed by atoms with van der Waals surface area (Å²) < 4.78 is 11.0. The molecule has 4 nitrogen and oxygen atoms in total. The monoisotopic (exact) mass is 267 g/mol. The van der Waals surface area contributed by atoms with Gasteiger partial charge in [0.2, 0.25) is 0 Å². The topological polar surface area (TPSA) is 50.7 Å². The fourth-order valence-electron chi connectivity index (χ4n) is 1.81. The van der Waals surface area contributed by atoms with Crippen LogP contribution in [0.4, 0.5) is 0 Å². The zero-order chi connectivity index (χ0) is 14.3. The van der Waals surface area contributed by atoms with Gasteiger partial charge in [-0.1, -0.05) is 19.9 Å². The molecule has 0 atom stereocenters. The molecule has 0 aliphatic rings. The van der Waals surface area contributed by atoms with Crippen molar-refractivity contribution in [3.05, 3.63) is 23.8 Å². The molecule has 0 aliphatic heterocycles. The van der Waals surface area contributed by atoms with Crippen LogP contribution in [0, 0.1) is 0 Å². The molecule has 0 amide bonds. The SMILES string of the molecule is CCC(O)(CC)COc1ccc(CNC)cc1OC. The Morgan fingerprint density at radius 2 is 1.89 bits per heavy atom. The largest absolute Gasteiger partial charge is 0.493 e. The lowest BCUT2D eigenvalue weighted by Gasteiger charge is -2.25. The summed E-state index contributed by atoms with van der Waals surface area (Å²) in [6.07, 6.45) is 1.34. The highest BCUT2D eigenvalue weighted by atomic mass is 16.5. The van der Waals surface area contributed by atoms with Gasteiger partial charge in [-0.05, 0) is 37.6 Å². The van der Waals surface area contributed by atoms with Crippen molar-refractivity contribution in [2.75, 3.05) is 20.8 Å². The third-order valence-electron chi connectivity index (χ3n) is 3.42. The molecule has 4 heteroatoms. The molecule has 0 saturated heterocycles. The molecular formula is C15H25NO3. The summed E-state index contributed by atoms with van der Waals surface area (Å²) in [5.74, 6) is 1.37. The van der Waals surface area contributed by atoms with Gasteiger partial charge in [-0.2, -0.15) is 0 Å². The summed E-state index contributed by atoms with van der Waals surface area (Å²) in [7, 11) is 3.52. The first-order valence-corrected chi connectivity index (χ1v) is 6.75. The van der Waals surface area contributed by atoms with E-state index < -0.39 is 5.60 Å². The van der Waals surface area contributed by atoms with E-state index in [1.54, 1.807) is 7.11 Å². The fourth-order valence-corrected chi connectivity index (χ4v) is 1.81. The van der Waals surface area contributed by atoms with Crippen molar-refractivity contribution < 1.29 is 14.6 Å². The first-order chi connectivity index (χ1) is 9.08. The Morgan fingerprint density at radius 1 is 1.21 bits per heavy atom. The molecule has 2 N–H and O–H groups in total. The lowest BCUT2D eigenvalue weighted by atomic mass is 9.99. The van der Waals surface area contributed by atoms with Crippen LogP contribution >= 0.6 is 0 Å². The van der Waals surface area contributed by atoms with Gasteiger partial charge in [0.1, 0.15) is 6.61 Å². The summed E-state index contributed by atoms with van der Waals surface area (Å²) in [6, 6.07) is 5.82. The van der Waals surface area contributed by atoms with Gasteiger partial charge in [0, 0.05) is 6.54 Å². The second kappa shape index (κ2) is 7.36. The molecule has 108 valence electrons. The molecule has 0 aliphatic carbocycles. The van der Waals surface area contributed by atoms with E-state index in [0.29, 0.717) is 24.3 Å². The number of methoxy groups -OCH3 is 1. The Bertz CT molecular complexity index is 389. The number of ether oxygens (including phenoxy) is 2.